The SMILES string of the molecule is Cc1cc2ccccc2n1-c1ccccn1. The molecule has 0 unspecified atom stereocenters. The molecule has 1 aromatic carbocycles. The molecule has 3 aromatic rings. The van der Waals surface area contributed by atoms with Gasteiger partial charge in [-0.1, -0.05) is 24.3 Å². The van der Waals surface area contributed by atoms with E-state index in [-0.39, 0.29) is 0 Å². The zero-order valence-electron chi connectivity index (χ0n) is 9.09. The van der Waals surface area contributed by atoms with E-state index in [1.807, 2.05) is 24.4 Å². The molecule has 2 heterocycles. The molecule has 2 heteroatoms. The van der Waals surface area contributed by atoms with Crippen LogP contribution in [0.4, 0.5) is 0 Å². The Labute approximate surface area is 94.2 Å². The van der Waals surface area contributed by atoms with Gasteiger partial charge in [-0.25, -0.2) is 4.98 Å². The van der Waals surface area contributed by atoms with Crippen LogP contribution in [-0.4, -0.2) is 9.55 Å². The van der Waals surface area contributed by atoms with Crippen LogP contribution in [0.5, 0.6) is 0 Å². The fourth-order valence-corrected chi connectivity index (χ4v) is 2.08. The first-order valence-electron chi connectivity index (χ1n) is 5.35. The van der Waals surface area contributed by atoms with Crippen LogP contribution < -0.4 is 0 Å². The standard InChI is InChI=1S/C14H12N2/c1-11-10-12-6-2-3-7-13(12)16(11)14-8-4-5-9-15-14/h2-10H,1H3. The van der Waals surface area contributed by atoms with Crippen LogP contribution in [-0.2, 0) is 0 Å². The lowest BCUT2D eigenvalue weighted by Crippen LogP contribution is -1.97. The highest BCUT2D eigenvalue weighted by Crippen LogP contribution is 2.22. The van der Waals surface area contributed by atoms with Crippen molar-refractivity contribution in [1.29, 1.82) is 0 Å². The molecule has 0 N–H and O–H groups in total. The van der Waals surface area contributed by atoms with Gasteiger partial charge in [-0.15, -0.1) is 0 Å². The van der Waals surface area contributed by atoms with E-state index in [4.69, 9.17) is 0 Å². The quantitative estimate of drug-likeness (QED) is 0.599. The van der Waals surface area contributed by atoms with Crippen LogP contribution in [0.3, 0.4) is 0 Å². The van der Waals surface area contributed by atoms with Gasteiger partial charge in [0.05, 0.1) is 5.52 Å². The molecule has 0 spiro atoms. The maximum absolute atomic E-state index is 4.40. The number of rotatable bonds is 1. The van der Waals surface area contributed by atoms with Crippen molar-refractivity contribution < 1.29 is 0 Å². The third-order valence-corrected chi connectivity index (χ3v) is 2.77. The summed E-state index contributed by atoms with van der Waals surface area (Å²) < 4.78 is 2.18. The highest BCUT2D eigenvalue weighted by atomic mass is 15.1. The molecular weight excluding hydrogens is 196 g/mol. The normalized spacial score (nSPS) is 10.8. The maximum Gasteiger partial charge on any atom is 0.137 e. The number of hydrogen-bond donors (Lipinski definition) is 0. The molecule has 0 radical (unpaired) electrons. The minimum Gasteiger partial charge on any atom is -0.299 e. The summed E-state index contributed by atoms with van der Waals surface area (Å²) in [5.74, 6) is 0.973. The molecule has 0 aliphatic carbocycles. The molecule has 0 saturated carbocycles. The number of aromatic nitrogens is 2. The van der Waals surface area contributed by atoms with E-state index in [9.17, 15) is 0 Å². The lowest BCUT2D eigenvalue weighted by Gasteiger charge is -2.06. The van der Waals surface area contributed by atoms with Gasteiger partial charge in [0.15, 0.2) is 0 Å². The minimum atomic E-state index is 0.973. The molecular formula is C14H12N2. The number of nitrogens with zero attached hydrogens (tertiary/aromatic N) is 2. The number of aryl methyl sites for hydroxylation is 1. The van der Waals surface area contributed by atoms with Crippen molar-refractivity contribution in [2.24, 2.45) is 0 Å². The first-order chi connectivity index (χ1) is 7.86. The Kier molecular flexibility index (Phi) is 2.00. The van der Waals surface area contributed by atoms with Crippen molar-refractivity contribution in [3.05, 3.63) is 60.4 Å². The van der Waals surface area contributed by atoms with Crippen LogP contribution in [0.2, 0.25) is 0 Å². The van der Waals surface area contributed by atoms with Gasteiger partial charge in [0, 0.05) is 17.3 Å². The third-order valence-electron chi connectivity index (χ3n) is 2.77. The van der Waals surface area contributed by atoms with Crippen LogP contribution >= 0.6 is 0 Å². The molecule has 0 aliphatic heterocycles. The minimum absolute atomic E-state index is 0.973. The number of fused-ring (bicyclic) bond motifs is 1. The molecule has 78 valence electrons. The smallest absolute Gasteiger partial charge is 0.137 e. The molecule has 0 aliphatic rings. The fourth-order valence-electron chi connectivity index (χ4n) is 2.08. The van der Waals surface area contributed by atoms with E-state index in [0.717, 1.165) is 5.82 Å². The van der Waals surface area contributed by atoms with Crippen molar-refractivity contribution in [3.63, 3.8) is 0 Å². The first kappa shape index (κ1) is 9.16. The van der Waals surface area contributed by atoms with E-state index in [1.165, 1.54) is 16.6 Å². The summed E-state index contributed by atoms with van der Waals surface area (Å²) in [7, 11) is 0. The maximum atomic E-state index is 4.40. The summed E-state index contributed by atoms with van der Waals surface area (Å²) in [5.41, 5.74) is 2.42. The summed E-state index contributed by atoms with van der Waals surface area (Å²) in [6, 6.07) is 16.5. The van der Waals surface area contributed by atoms with Gasteiger partial charge >= 0.3 is 0 Å². The Hall–Kier alpha value is -2.09. The van der Waals surface area contributed by atoms with Crippen molar-refractivity contribution >= 4 is 10.9 Å². The second kappa shape index (κ2) is 3.49. The zero-order valence-corrected chi connectivity index (χ0v) is 9.09. The molecule has 2 aromatic heterocycles. The third kappa shape index (κ3) is 1.31. The monoisotopic (exact) mass is 208 g/mol. The summed E-state index contributed by atoms with van der Waals surface area (Å²) >= 11 is 0. The summed E-state index contributed by atoms with van der Waals surface area (Å²) in [4.78, 5) is 4.40. The summed E-state index contributed by atoms with van der Waals surface area (Å²) in [6.45, 7) is 2.11. The average molecular weight is 208 g/mol. The molecule has 0 amide bonds. The first-order valence-corrected chi connectivity index (χ1v) is 5.35. The van der Waals surface area contributed by atoms with Gasteiger partial charge in [-0.3, -0.25) is 4.57 Å². The zero-order chi connectivity index (χ0) is 11.0. The molecule has 0 saturated heterocycles. The molecule has 2 nitrogen and oxygen atoms in total. The van der Waals surface area contributed by atoms with Gasteiger partial charge in [-0.05, 0) is 31.2 Å². The molecule has 0 fully saturated rings. The van der Waals surface area contributed by atoms with Gasteiger partial charge in [0.25, 0.3) is 0 Å². The molecule has 0 atom stereocenters. The predicted molar refractivity (Wildman–Crippen MR) is 65.8 cm³/mol. The van der Waals surface area contributed by atoms with Gasteiger partial charge in [-0.2, -0.15) is 0 Å². The highest BCUT2D eigenvalue weighted by molar-refractivity contribution is 5.82. The van der Waals surface area contributed by atoms with Crippen molar-refractivity contribution in [1.82, 2.24) is 9.55 Å². The Balaban J connectivity index is 2.35. The Bertz CT molecular complexity index is 624. The second-order valence-corrected chi connectivity index (χ2v) is 3.87. The van der Waals surface area contributed by atoms with Crippen LogP contribution in [0.15, 0.2) is 54.7 Å². The Morgan fingerprint density at radius 3 is 2.62 bits per heavy atom. The second-order valence-electron chi connectivity index (χ2n) is 3.87. The van der Waals surface area contributed by atoms with Crippen LogP contribution in [0.25, 0.3) is 16.7 Å². The van der Waals surface area contributed by atoms with E-state index < -0.39 is 0 Å². The van der Waals surface area contributed by atoms with E-state index in [2.05, 4.69) is 46.8 Å². The number of para-hydroxylation sites is 1. The lowest BCUT2D eigenvalue weighted by molar-refractivity contribution is 0.994. The molecule has 0 bridgehead atoms. The average Bonchev–Trinajstić information content (AvgIpc) is 2.66. The van der Waals surface area contributed by atoms with Crippen LogP contribution in [0, 0.1) is 6.92 Å². The van der Waals surface area contributed by atoms with Crippen molar-refractivity contribution in [3.8, 4) is 5.82 Å². The summed E-state index contributed by atoms with van der Waals surface area (Å²) in [5, 5.41) is 1.26. The molecule has 16 heavy (non-hydrogen) atoms. The van der Waals surface area contributed by atoms with Gasteiger partial charge < -0.3 is 0 Å². The topological polar surface area (TPSA) is 17.8 Å². The van der Waals surface area contributed by atoms with Gasteiger partial charge in [0.2, 0.25) is 0 Å². The molecule has 3 rings (SSSR count). The predicted octanol–water partition coefficient (Wildman–Crippen LogP) is 3.33. The largest absolute Gasteiger partial charge is 0.299 e. The van der Waals surface area contributed by atoms with E-state index in [0.29, 0.717) is 0 Å². The lowest BCUT2D eigenvalue weighted by atomic mass is 10.2. The Morgan fingerprint density at radius 2 is 1.81 bits per heavy atom. The van der Waals surface area contributed by atoms with E-state index in [1.54, 1.807) is 0 Å². The highest BCUT2D eigenvalue weighted by Gasteiger charge is 2.06. The number of hydrogen-bond acceptors (Lipinski definition) is 1. The fraction of sp³-hybridized carbons (Fsp3) is 0.0714. The van der Waals surface area contributed by atoms with Gasteiger partial charge in [0.1, 0.15) is 5.82 Å². The number of pyridine rings is 1. The van der Waals surface area contributed by atoms with Crippen LogP contribution in [0.1, 0.15) is 5.69 Å². The van der Waals surface area contributed by atoms with Crippen molar-refractivity contribution in [2.45, 2.75) is 6.92 Å². The number of benzene rings is 1. The van der Waals surface area contributed by atoms with Crippen molar-refractivity contribution in [2.75, 3.05) is 0 Å². The Morgan fingerprint density at radius 1 is 1.00 bits per heavy atom. The van der Waals surface area contributed by atoms with E-state index >= 15 is 0 Å². The summed E-state index contributed by atoms with van der Waals surface area (Å²) in [6.07, 6.45) is 1.82.